The minimum atomic E-state index is -0.103. The molecule has 29 heavy (non-hydrogen) atoms. The molecule has 0 saturated carbocycles. The molecule has 2 aromatic rings. The van der Waals surface area contributed by atoms with E-state index in [-0.39, 0.29) is 11.8 Å². The number of hydrogen-bond donors (Lipinski definition) is 3. The van der Waals surface area contributed by atoms with E-state index in [0.29, 0.717) is 31.0 Å². The van der Waals surface area contributed by atoms with Crippen molar-refractivity contribution in [3.05, 3.63) is 65.2 Å². The first-order chi connectivity index (χ1) is 14.1. The summed E-state index contributed by atoms with van der Waals surface area (Å²) in [7, 11) is 3.34. The summed E-state index contributed by atoms with van der Waals surface area (Å²) in [4.78, 5) is 29.7. The topological polar surface area (TPSA) is 85.8 Å². The van der Waals surface area contributed by atoms with Gasteiger partial charge in [-0.1, -0.05) is 24.3 Å². The number of nitrogens with zero attached hydrogens (tertiary/aromatic N) is 2. The molecule has 3 rings (SSSR count). The van der Waals surface area contributed by atoms with E-state index in [1.165, 1.54) is 0 Å². The van der Waals surface area contributed by atoms with Gasteiger partial charge in [0.05, 0.1) is 0 Å². The van der Waals surface area contributed by atoms with Crippen molar-refractivity contribution in [2.24, 2.45) is 4.99 Å². The SMILES string of the molecule is CN=C(NCc1ccc(N2CCCC2=O)cc1)NCc1cccc(C(=O)NC)c1. The Morgan fingerprint density at radius 2 is 1.79 bits per heavy atom. The number of nitrogens with one attached hydrogen (secondary N) is 3. The second kappa shape index (κ2) is 9.73. The van der Waals surface area contributed by atoms with E-state index < -0.39 is 0 Å². The van der Waals surface area contributed by atoms with Crippen LogP contribution in [0.4, 0.5) is 5.69 Å². The maximum absolute atomic E-state index is 11.8. The van der Waals surface area contributed by atoms with Crippen LogP contribution in [-0.4, -0.2) is 38.4 Å². The normalized spacial score (nSPS) is 14.1. The highest BCUT2D eigenvalue weighted by Gasteiger charge is 2.21. The van der Waals surface area contributed by atoms with Crippen LogP contribution in [0.5, 0.6) is 0 Å². The lowest BCUT2D eigenvalue weighted by Crippen LogP contribution is -2.36. The zero-order chi connectivity index (χ0) is 20.6. The molecule has 2 aromatic carbocycles. The summed E-state index contributed by atoms with van der Waals surface area (Å²) in [5, 5.41) is 9.17. The number of carbonyl (C=O) groups is 2. The summed E-state index contributed by atoms with van der Waals surface area (Å²) < 4.78 is 0. The van der Waals surface area contributed by atoms with Crippen molar-refractivity contribution in [1.82, 2.24) is 16.0 Å². The van der Waals surface area contributed by atoms with Gasteiger partial charge in [0.1, 0.15) is 0 Å². The van der Waals surface area contributed by atoms with Crippen LogP contribution in [0.1, 0.15) is 34.3 Å². The zero-order valence-corrected chi connectivity index (χ0v) is 16.9. The van der Waals surface area contributed by atoms with Gasteiger partial charge in [-0.15, -0.1) is 0 Å². The third kappa shape index (κ3) is 5.34. The van der Waals surface area contributed by atoms with Crippen LogP contribution in [0.25, 0.3) is 0 Å². The third-order valence-electron chi connectivity index (χ3n) is 4.88. The summed E-state index contributed by atoms with van der Waals surface area (Å²) in [6.07, 6.45) is 1.56. The Balaban J connectivity index is 1.52. The number of anilines is 1. The molecule has 152 valence electrons. The monoisotopic (exact) mass is 393 g/mol. The van der Waals surface area contributed by atoms with Crippen molar-refractivity contribution in [2.45, 2.75) is 25.9 Å². The number of hydrogen-bond acceptors (Lipinski definition) is 3. The number of carbonyl (C=O) groups excluding carboxylic acids is 2. The molecule has 1 fully saturated rings. The largest absolute Gasteiger partial charge is 0.355 e. The summed E-state index contributed by atoms with van der Waals surface area (Å²) >= 11 is 0. The number of benzene rings is 2. The molecule has 1 heterocycles. The molecule has 2 amide bonds. The maximum atomic E-state index is 11.8. The number of aliphatic imine (C=N–C) groups is 1. The summed E-state index contributed by atoms with van der Waals surface area (Å²) in [6.45, 7) is 1.97. The van der Waals surface area contributed by atoms with Crippen LogP contribution in [0.15, 0.2) is 53.5 Å². The highest BCUT2D eigenvalue weighted by molar-refractivity contribution is 5.95. The van der Waals surface area contributed by atoms with Gasteiger partial charge < -0.3 is 20.9 Å². The average molecular weight is 393 g/mol. The molecule has 7 nitrogen and oxygen atoms in total. The van der Waals surface area contributed by atoms with E-state index in [0.717, 1.165) is 29.8 Å². The van der Waals surface area contributed by atoms with Gasteiger partial charge in [0.15, 0.2) is 5.96 Å². The molecule has 1 saturated heterocycles. The first kappa shape index (κ1) is 20.4. The van der Waals surface area contributed by atoms with Crippen LogP contribution >= 0.6 is 0 Å². The Morgan fingerprint density at radius 3 is 2.41 bits per heavy atom. The van der Waals surface area contributed by atoms with Gasteiger partial charge in [0, 0.05) is 51.4 Å². The smallest absolute Gasteiger partial charge is 0.251 e. The summed E-state index contributed by atoms with van der Waals surface area (Å²) in [5.74, 6) is 0.767. The second-order valence-electron chi connectivity index (χ2n) is 6.87. The fourth-order valence-corrected chi connectivity index (χ4v) is 3.27. The molecule has 1 aliphatic heterocycles. The van der Waals surface area contributed by atoms with Crippen molar-refractivity contribution in [3.63, 3.8) is 0 Å². The van der Waals surface area contributed by atoms with Crippen molar-refractivity contribution in [3.8, 4) is 0 Å². The Labute approximate surface area is 171 Å². The first-order valence-electron chi connectivity index (χ1n) is 9.75. The predicted octanol–water partition coefficient (Wildman–Crippen LogP) is 2.04. The molecule has 0 atom stereocenters. The molecular weight excluding hydrogens is 366 g/mol. The Bertz CT molecular complexity index is 892. The fourth-order valence-electron chi connectivity index (χ4n) is 3.27. The molecule has 0 bridgehead atoms. The van der Waals surface area contributed by atoms with E-state index in [9.17, 15) is 9.59 Å². The minimum absolute atomic E-state index is 0.103. The van der Waals surface area contributed by atoms with E-state index in [1.807, 2.05) is 47.4 Å². The third-order valence-corrected chi connectivity index (χ3v) is 4.88. The highest BCUT2D eigenvalue weighted by Crippen LogP contribution is 2.21. The van der Waals surface area contributed by atoms with Gasteiger partial charge in [-0.3, -0.25) is 14.6 Å². The number of amides is 2. The minimum Gasteiger partial charge on any atom is -0.355 e. The van der Waals surface area contributed by atoms with Gasteiger partial charge in [0.25, 0.3) is 5.91 Å². The molecule has 1 aliphatic rings. The van der Waals surface area contributed by atoms with Gasteiger partial charge in [-0.05, 0) is 41.8 Å². The van der Waals surface area contributed by atoms with Crippen LogP contribution in [0, 0.1) is 0 Å². The van der Waals surface area contributed by atoms with Crippen molar-refractivity contribution in [2.75, 3.05) is 25.5 Å². The van der Waals surface area contributed by atoms with Crippen LogP contribution < -0.4 is 20.9 Å². The predicted molar refractivity (Wildman–Crippen MR) is 115 cm³/mol. The fraction of sp³-hybridized carbons (Fsp3) is 0.318. The van der Waals surface area contributed by atoms with Crippen LogP contribution in [-0.2, 0) is 17.9 Å². The molecule has 3 N–H and O–H groups in total. The van der Waals surface area contributed by atoms with E-state index in [2.05, 4.69) is 20.9 Å². The lowest BCUT2D eigenvalue weighted by atomic mass is 10.1. The maximum Gasteiger partial charge on any atom is 0.251 e. The van der Waals surface area contributed by atoms with E-state index in [1.54, 1.807) is 20.2 Å². The number of guanidine groups is 1. The zero-order valence-electron chi connectivity index (χ0n) is 16.9. The van der Waals surface area contributed by atoms with Crippen molar-refractivity contribution >= 4 is 23.5 Å². The quantitative estimate of drug-likeness (QED) is 0.518. The van der Waals surface area contributed by atoms with Crippen LogP contribution in [0.3, 0.4) is 0 Å². The van der Waals surface area contributed by atoms with Crippen molar-refractivity contribution < 1.29 is 9.59 Å². The Morgan fingerprint density at radius 1 is 1.07 bits per heavy atom. The Kier molecular flexibility index (Phi) is 6.84. The van der Waals surface area contributed by atoms with Crippen LogP contribution in [0.2, 0.25) is 0 Å². The molecular formula is C22H27N5O2. The lowest BCUT2D eigenvalue weighted by molar-refractivity contribution is -0.117. The summed E-state index contributed by atoms with van der Waals surface area (Å²) in [5.41, 5.74) is 3.68. The van der Waals surface area contributed by atoms with Gasteiger partial charge >= 0.3 is 0 Å². The van der Waals surface area contributed by atoms with Gasteiger partial charge in [0.2, 0.25) is 5.91 Å². The highest BCUT2D eigenvalue weighted by atomic mass is 16.2. The lowest BCUT2D eigenvalue weighted by Gasteiger charge is -2.16. The Hall–Kier alpha value is -3.35. The van der Waals surface area contributed by atoms with E-state index in [4.69, 9.17) is 0 Å². The molecule has 0 spiro atoms. The van der Waals surface area contributed by atoms with Gasteiger partial charge in [-0.2, -0.15) is 0 Å². The molecule has 7 heteroatoms. The molecule has 0 radical (unpaired) electrons. The molecule has 0 unspecified atom stereocenters. The second-order valence-corrected chi connectivity index (χ2v) is 6.87. The van der Waals surface area contributed by atoms with E-state index >= 15 is 0 Å². The first-order valence-corrected chi connectivity index (χ1v) is 9.75. The summed E-state index contributed by atoms with van der Waals surface area (Å²) in [6, 6.07) is 15.5. The molecule has 0 aliphatic carbocycles. The number of rotatable bonds is 6. The molecule has 0 aromatic heterocycles. The van der Waals surface area contributed by atoms with Crippen molar-refractivity contribution in [1.29, 1.82) is 0 Å². The standard InChI is InChI=1S/C22H27N5O2/c1-23-21(29)18-6-3-5-17(13-18)15-26-22(24-2)25-14-16-8-10-19(11-9-16)27-12-4-7-20(27)28/h3,5-6,8-11,13H,4,7,12,14-15H2,1-2H3,(H,23,29)(H2,24,25,26). The van der Waals surface area contributed by atoms with Gasteiger partial charge in [-0.25, -0.2) is 0 Å². The average Bonchev–Trinajstić information content (AvgIpc) is 3.19.